The van der Waals surface area contributed by atoms with E-state index >= 15 is 0 Å². The molecule has 0 saturated carbocycles. The van der Waals surface area contributed by atoms with Crippen LogP contribution in [0.2, 0.25) is 0 Å². The first-order valence-electron chi connectivity index (χ1n) is 7.66. The molecule has 1 unspecified atom stereocenters. The number of nitrogens with zero attached hydrogens (tertiary/aromatic N) is 1. The van der Waals surface area contributed by atoms with Crippen LogP contribution in [0.15, 0.2) is 60.7 Å². The van der Waals surface area contributed by atoms with Crippen molar-refractivity contribution >= 4 is 23.5 Å². The maximum Gasteiger partial charge on any atom is 0.314 e. The number of nitro groups is 1. The molecule has 0 saturated heterocycles. The zero-order valence-corrected chi connectivity index (χ0v) is 13.6. The highest BCUT2D eigenvalue weighted by atomic mass is 16.6. The van der Waals surface area contributed by atoms with E-state index in [1.165, 1.54) is 18.2 Å². The summed E-state index contributed by atoms with van der Waals surface area (Å²) in [6.07, 6.45) is 1.60. The van der Waals surface area contributed by atoms with Crippen molar-refractivity contribution < 1.29 is 19.2 Å². The van der Waals surface area contributed by atoms with Crippen LogP contribution in [-0.2, 0) is 14.3 Å². The highest BCUT2D eigenvalue weighted by Crippen LogP contribution is 2.19. The normalized spacial score (nSPS) is 11.9. The quantitative estimate of drug-likeness (QED) is 0.251. The minimum absolute atomic E-state index is 0.105. The van der Waals surface area contributed by atoms with Crippen LogP contribution in [0.1, 0.15) is 30.6 Å². The Kier molecular flexibility index (Phi) is 6.17. The molecule has 128 valence electrons. The van der Waals surface area contributed by atoms with Gasteiger partial charge in [0.1, 0.15) is 12.5 Å². The third-order valence-corrected chi connectivity index (χ3v) is 3.48. The number of carbonyl (C=O) groups excluding carboxylic acids is 2. The van der Waals surface area contributed by atoms with Gasteiger partial charge >= 0.3 is 5.97 Å². The van der Waals surface area contributed by atoms with Gasteiger partial charge in [-0.25, -0.2) is 0 Å². The van der Waals surface area contributed by atoms with Crippen LogP contribution in [-0.4, -0.2) is 16.7 Å². The molecule has 0 aliphatic heterocycles. The largest absolute Gasteiger partial charge is 0.457 e. The molecule has 6 heteroatoms. The summed E-state index contributed by atoms with van der Waals surface area (Å²) in [5, 5.41) is 10.9. The SMILES string of the molecule is CC(OC(=O)CC(=O)C=Cc1ccccc1[N+](=O)[O-])c1ccccc1. The van der Waals surface area contributed by atoms with Gasteiger partial charge in [-0.1, -0.05) is 42.5 Å². The number of hydrogen-bond donors (Lipinski definition) is 0. The summed E-state index contributed by atoms with van der Waals surface area (Å²) in [5.74, 6) is -1.13. The van der Waals surface area contributed by atoms with E-state index in [9.17, 15) is 19.7 Å². The number of rotatable bonds is 7. The van der Waals surface area contributed by atoms with E-state index < -0.39 is 29.2 Å². The summed E-state index contributed by atoms with van der Waals surface area (Å²) in [4.78, 5) is 34.1. The molecule has 6 nitrogen and oxygen atoms in total. The maximum absolute atomic E-state index is 11.9. The van der Waals surface area contributed by atoms with Crippen molar-refractivity contribution in [1.82, 2.24) is 0 Å². The molecule has 0 bridgehead atoms. The van der Waals surface area contributed by atoms with Gasteiger partial charge in [0.15, 0.2) is 5.78 Å². The fraction of sp³-hybridized carbons (Fsp3) is 0.158. The summed E-state index contributed by atoms with van der Waals surface area (Å²) in [6, 6.07) is 15.2. The molecule has 0 aliphatic carbocycles. The van der Waals surface area contributed by atoms with Crippen LogP contribution in [0.5, 0.6) is 0 Å². The van der Waals surface area contributed by atoms with Gasteiger partial charge in [-0.3, -0.25) is 19.7 Å². The number of nitro benzene ring substituents is 1. The lowest BCUT2D eigenvalue weighted by Crippen LogP contribution is -2.12. The van der Waals surface area contributed by atoms with Gasteiger partial charge in [0.05, 0.1) is 10.5 Å². The fourth-order valence-electron chi connectivity index (χ4n) is 2.21. The molecule has 0 fully saturated rings. The first-order valence-corrected chi connectivity index (χ1v) is 7.66. The molecule has 0 aromatic heterocycles. The van der Waals surface area contributed by atoms with Crippen LogP contribution in [0.3, 0.4) is 0 Å². The maximum atomic E-state index is 11.9. The molecular formula is C19H17NO5. The molecule has 25 heavy (non-hydrogen) atoms. The second-order valence-corrected chi connectivity index (χ2v) is 5.34. The van der Waals surface area contributed by atoms with E-state index in [-0.39, 0.29) is 5.69 Å². The predicted octanol–water partition coefficient (Wildman–Crippen LogP) is 3.87. The topological polar surface area (TPSA) is 86.5 Å². The number of para-hydroxylation sites is 1. The lowest BCUT2D eigenvalue weighted by molar-refractivity contribution is -0.385. The molecule has 2 aromatic rings. The van der Waals surface area contributed by atoms with Gasteiger partial charge < -0.3 is 4.74 Å². The average Bonchev–Trinajstić information content (AvgIpc) is 2.60. The van der Waals surface area contributed by atoms with Crippen molar-refractivity contribution in [2.24, 2.45) is 0 Å². The Hall–Kier alpha value is -3.28. The number of ketones is 1. The fourth-order valence-corrected chi connectivity index (χ4v) is 2.21. The van der Waals surface area contributed by atoms with E-state index in [0.29, 0.717) is 5.56 Å². The molecule has 0 N–H and O–H groups in total. The predicted molar refractivity (Wildman–Crippen MR) is 92.7 cm³/mol. The highest BCUT2D eigenvalue weighted by molar-refractivity contribution is 6.04. The smallest absolute Gasteiger partial charge is 0.314 e. The standard InChI is InChI=1S/C19H17NO5/c1-14(15-7-3-2-4-8-15)25-19(22)13-17(21)12-11-16-9-5-6-10-18(16)20(23)24/h2-12,14H,13H2,1H3. The number of hydrogen-bond acceptors (Lipinski definition) is 5. The Bertz CT molecular complexity index is 798. The number of carbonyl (C=O) groups is 2. The number of benzene rings is 2. The molecule has 0 radical (unpaired) electrons. The first-order chi connectivity index (χ1) is 12.0. The van der Waals surface area contributed by atoms with Crippen LogP contribution in [0.25, 0.3) is 6.08 Å². The molecule has 2 rings (SSSR count). The Morgan fingerprint density at radius 3 is 2.44 bits per heavy atom. The zero-order chi connectivity index (χ0) is 18.2. The lowest BCUT2D eigenvalue weighted by atomic mass is 10.1. The molecule has 0 amide bonds. The van der Waals surface area contributed by atoms with Gasteiger partial charge in [-0.05, 0) is 30.7 Å². The molecule has 1 atom stereocenters. The molecule has 2 aromatic carbocycles. The minimum atomic E-state index is -0.645. The Morgan fingerprint density at radius 2 is 1.76 bits per heavy atom. The van der Waals surface area contributed by atoms with Crippen LogP contribution >= 0.6 is 0 Å². The molecule has 0 heterocycles. The summed E-state index contributed by atoms with van der Waals surface area (Å²) in [7, 11) is 0. The zero-order valence-electron chi connectivity index (χ0n) is 13.6. The van der Waals surface area contributed by atoms with Gasteiger partial charge in [0.25, 0.3) is 5.69 Å². The Labute approximate surface area is 144 Å². The average molecular weight is 339 g/mol. The second kappa shape index (κ2) is 8.54. The summed E-state index contributed by atoms with van der Waals surface area (Å²) < 4.78 is 5.22. The van der Waals surface area contributed by atoms with Crippen molar-refractivity contribution in [1.29, 1.82) is 0 Å². The molecular weight excluding hydrogens is 322 g/mol. The van der Waals surface area contributed by atoms with E-state index in [1.54, 1.807) is 19.1 Å². The highest BCUT2D eigenvalue weighted by Gasteiger charge is 2.15. The molecule has 0 aliphatic rings. The van der Waals surface area contributed by atoms with Crippen molar-refractivity contribution in [2.45, 2.75) is 19.4 Å². The van der Waals surface area contributed by atoms with E-state index in [2.05, 4.69) is 0 Å². The summed E-state index contributed by atoms with van der Waals surface area (Å²) in [6.45, 7) is 1.72. The van der Waals surface area contributed by atoms with E-state index in [4.69, 9.17) is 4.74 Å². The van der Waals surface area contributed by atoms with Gasteiger partial charge in [-0.2, -0.15) is 0 Å². The van der Waals surface area contributed by atoms with Gasteiger partial charge in [0, 0.05) is 6.07 Å². The Balaban J connectivity index is 1.94. The van der Waals surface area contributed by atoms with Crippen molar-refractivity contribution in [3.8, 4) is 0 Å². The monoisotopic (exact) mass is 339 g/mol. The molecule has 0 spiro atoms. The second-order valence-electron chi connectivity index (χ2n) is 5.34. The van der Waals surface area contributed by atoms with Crippen LogP contribution in [0.4, 0.5) is 5.69 Å². The van der Waals surface area contributed by atoms with Crippen molar-refractivity contribution in [2.75, 3.05) is 0 Å². The number of allylic oxidation sites excluding steroid dienone is 1. The third-order valence-electron chi connectivity index (χ3n) is 3.48. The summed E-state index contributed by atoms with van der Waals surface area (Å²) >= 11 is 0. The van der Waals surface area contributed by atoms with Gasteiger partial charge in [-0.15, -0.1) is 0 Å². The van der Waals surface area contributed by atoms with Crippen LogP contribution in [0, 0.1) is 10.1 Å². The van der Waals surface area contributed by atoms with E-state index in [0.717, 1.165) is 11.6 Å². The minimum Gasteiger partial charge on any atom is -0.457 e. The van der Waals surface area contributed by atoms with Crippen LogP contribution < -0.4 is 0 Å². The first kappa shape index (κ1) is 18.1. The Morgan fingerprint density at radius 1 is 1.12 bits per heavy atom. The van der Waals surface area contributed by atoms with Crippen molar-refractivity contribution in [3.63, 3.8) is 0 Å². The number of ether oxygens (including phenoxy) is 1. The van der Waals surface area contributed by atoms with Gasteiger partial charge in [0.2, 0.25) is 0 Å². The summed E-state index contributed by atoms with van der Waals surface area (Å²) in [5.41, 5.74) is 1.03. The number of esters is 1. The van der Waals surface area contributed by atoms with Crippen molar-refractivity contribution in [3.05, 3.63) is 81.9 Å². The van der Waals surface area contributed by atoms with E-state index in [1.807, 2.05) is 30.3 Å². The third kappa shape index (κ3) is 5.39. The lowest BCUT2D eigenvalue weighted by Gasteiger charge is -2.12.